The third-order valence-electron chi connectivity index (χ3n) is 1.57. The lowest BCUT2D eigenvalue weighted by Gasteiger charge is -2.01. The van der Waals surface area contributed by atoms with Gasteiger partial charge < -0.3 is 0 Å². The van der Waals surface area contributed by atoms with Gasteiger partial charge in [-0.2, -0.15) is 5.10 Å². The minimum atomic E-state index is -0.434. The summed E-state index contributed by atoms with van der Waals surface area (Å²) in [5.74, 6) is -0.434. The molecule has 0 unspecified atom stereocenters. The lowest BCUT2D eigenvalue weighted by atomic mass is 10.3. The average molecular weight is 196 g/mol. The Hall–Kier alpha value is -1.35. The van der Waals surface area contributed by atoms with Crippen LogP contribution in [-0.4, -0.2) is 9.78 Å². The molecule has 2 rings (SSSR count). The molecular formula is C9H5ClFN2. The maximum Gasteiger partial charge on any atom is 0.150 e. The van der Waals surface area contributed by atoms with Gasteiger partial charge in [0.2, 0.25) is 0 Å². The molecule has 1 aromatic carbocycles. The molecule has 0 saturated heterocycles. The maximum atomic E-state index is 13.2. The summed E-state index contributed by atoms with van der Waals surface area (Å²) in [7, 11) is 0. The van der Waals surface area contributed by atoms with Gasteiger partial charge in [0.05, 0.1) is 0 Å². The van der Waals surface area contributed by atoms with E-state index in [9.17, 15) is 4.39 Å². The van der Waals surface area contributed by atoms with Crippen LogP contribution < -0.4 is 0 Å². The van der Waals surface area contributed by atoms with Crippen LogP contribution in [0.15, 0.2) is 30.6 Å². The van der Waals surface area contributed by atoms with Gasteiger partial charge in [-0.05, 0) is 18.2 Å². The molecule has 0 spiro atoms. The SMILES string of the molecule is Fc1cc(Cl)c[c]c1-n1cccn1. The molecule has 4 heteroatoms. The Balaban J connectivity index is 2.53. The fourth-order valence-electron chi connectivity index (χ4n) is 1.01. The molecule has 65 valence electrons. The van der Waals surface area contributed by atoms with Crippen molar-refractivity contribution >= 4 is 11.6 Å². The first kappa shape index (κ1) is 8.26. The summed E-state index contributed by atoms with van der Waals surface area (Å²) in [6.45, 7) is 0. The Morgan fingerprint density at radius 1 is 1.54 bits per heavy atom. The molecule has 0 aliphatic carbocycles. The molecule has 0 N–H and O–H groups in total. The van der Waals surface area contributed by atoms with Crippen LogP contribution in [0.1, 0.15) is 0 Å². The molecule has 2 aromatic rings. The summed E-state index contributed by atoms with van der Waals surface area (Å²) in [4.78, 5) is 0. The van der Waals surface area contributed by atoms with Crippen molar-refractivity contribution in [2.45, 2.75) is 0 Å². The molecule has 0 aliphatic heterocycles. The minimum Gasteiger partial charge on any atom is -0.237 e. The van der Waals surface area contributed by atoms with E-state index in [1.54, 1.807) is 18.5 Å². The quantitative estimate of drug-likeness (QED) is 0.684. The molecule has 0 bridgehead atoms. The zero-order valence-electron chi connectivity index (χ0n) is 6.54. The zero-order chi connectivity index (χ0) is 9.26. The van der Waals surface area contributed by atoms with Crippen molar-refractivity contribution in [3.63, 3.8) is 0 Å². The Morgan fingerprint density at radius 3 is 3.00 bits per heavy atom. The second kappa shape index (κ2) is 3.18. The van der Waals surface area contributed by atoms with E-state index < -0.39 is 5.82 Å². The summed E-state index contributed by atoms with van der Waals surface area (Å²) in [6.07, 6.45) is 3.21. The fraction of sp³-hybridized carbons (Fsp3) is 0. The van der Waals surface area contributed by atoms with Crippen molar-refractivity contribution in [1.82, 2.24) is 9.78 Å². The van der Waals surface area contributed by atoms with Gasteiger partial charge in [-0.15, -0.1) is 0 Å². The van der Waals surface area contributed by atoms with E-state index in [1.165, 1.54) is 16.8 Å². The van der Waals surface area contributed by atoms with E-state index in [0.717, 1.165) is 0 Å². The Morgan fingerprint density at radius 2 is 2.38 bits per heavy atom. The van der Waals surface area contributed by atoms with Crippen molar-refractivity contribution in [2.24, 2.45) is 0 Å². The van der Waals surface area contributed by atoms with Crippen LogP contribution in [0, 0.1) is 11.9 Å². The number of nitrogens with zero attached hydrogens (tertiary/aromatic N) is 2. The lowest BCUT2D eigenvalue weighted by molar-refractivity contribution is 0.610. The maximum absolute atomic E-state index is 13.2. The van der Waals surface area contributed by atoms with Crippen molar-refractivity contribution in [2.75, 3.05) is 0 Å². The molecule has 13 heavy (non-hydrogen) atoms. The predicted molar refractivity (Wildman–Crippen MR) is 47.4 cm³/mol. The third kappa shape index (κ3) is 1.55. The molecule has 0 amide bonds. The average Bonchev–Trinajstić information content (AvgIpc) is 2.56. The molecule has 0 atom stereocenters. The first-order valence-corrected chi connectivity index (χ1v) is 4.02. The zero-order valence-corrected chi connectivity index (χ0v) is 7.29. The topological polar surface area (TPSA) is 17.8 Å². The first-order chi connectivity index (χ1) is 6.27. The number of hydrogen-bond acceptors (Lipinski definition) is 1. The monoisotopic (exact) mass is 195 g/mol. The molecule has 1 aromatic heterocycles. The van der Waals surface area contributed by atoms with Crippen LogP contribution in [0.4, 0.5) is 4.39 Å². The van der Waals surface area contributed by atoms with Gasteiger partial charge in [-0.1, -0.05) is 11.6 Å². The van der Waals surface area contributed by atoms with Crippen LogP contribution in [0.3, 0.4) is 0 Å². The number of hydrogen-bond donors (Lipinski definition) is 0. The molecule has 0 aliphatic rings. The van der Waals surface area contributed by atoms with Crippen molar-refractivity contribution in [3.8, 4) is 5.69 Å². The minimum absolute atomic E-state index is 0.273. The molecule has 2 nitrogen and oxygen atoms in total. The second-order valence-electron chi connectivity index (χ2n) is 2.47. The van der Waals surface area contributed by atoms with E-state index in [0.29, 0.717) is 5.02 Å². The number of aromatic nitrogens is 2. The third-order valence-corrected chi connectivity index (χ3v) is 1.79. The van der Waals surface area contributed by atoms with E-state index in [1.807, 2.05) is 0 Å². The molecule has 0 saturated carbocycles. The van der Waals surface area contributed by atoms with Crippen LogP contribution in [0.5, 0.6) is 0 Å². The van der Waals surface area contributed by atoms with E-state index in [2.05, 4.69) is 11.2 Å². The van der Waals surface area contributed by atoms with Gasteiger partial charge in [-0.3, -0.25) is 0 Å². The summed E-state index contributed by atoms with van der Waals surface area (Å²) in [5.41, 5.74) is 0.273. The highest BCUT2D eigenvalue weighted by atomic mass is 35.5. The van der Waals surface area contributed by atoms with Crippen LogP contribution in [0.25, 0.3) is 5.69 Å². The molecule has 1 heterocycles. The van der Waals surface area contributed by atoms with Crippen molar-refractivity contribution < 1.29 is 4.39 Å². The van der Waals surface area contributed by atoms with Crippen molar-refractivity contribution in [1.29, 1.82) is 0 Å². The lowest BCUT2D eigenvalue weighted by Crippen LogP contribution is -1.97. The predicted octanol–water partition coefficient (Wildman–Crippen LogP) is 2.46. The number of rotatable bonds is 1. The number of halogens is 2. The molecule has 0 fully saturated rings. The largest absolute Gasteiger partial charge is 0.237 e. The summed E-state index contributed by atoms with van der Waals surface area (Å²) < 4.78 is 14.6. The Labute approximate surface area is 79.6 Å². The second-order valence-corrected chi connectivity index (χ2v) is 2.90. The molecular weight excluding hydrogens is 191 g/mol. The highest BCUT2D eigenvalue weighted by Gasteiger charge is 2.04. The highest BCUT2D eigenvalue weighted by molar-refractivity contribution is 6.30. The van der Waals surface area contributed by atoms with E-state index >= 15 is 0 Å². The molecule has 1 radical (unpaired) electrons. The van der Waals surface area contributed by atoms with Crippen LogP contribution >= 0.6 is 11.6 Å². The first-order valence-electron chi connectivity index (χ1n) is 3.64. The fourth-order valence-corrected chi connectivity index (χ4v) is 1.16. The highest BCUT2D eigenvalue weighted by Crippen LogP contribution is 2.16. The normalized spacial score (nSPS) is 10.3. The van der Waals surface area contributed by atoms with Gasteiger partial charge in [-0.25, -0.2) is 9.07 Å². The van der Waals surface area contributed by atoms with E-state index in [4.69, 9.17) is 11.6 Å². The van der Waals surface area contributed by atoms with Gasteiger partial charge in [0.1, 0.15) is 5.69 Å². The van der Waals surface area contributed by atoms with Gasteiger partial charge in [0, 0.05) is 23.5 Å². The van der Waals surface area contributed by atoms with E-state index in [-0.39, 0.29) is 5.69 Å². The van der Waals surface area contributed by atoms with Crippen LogP contribution in [-0.2, 0) is 0 Å². The number of benzene rings is 1. The standard InChI is InChI=1S/C9H5ClFN2/c10-7-2-3-9(8(11)6-7)13-5-1-4-12-13/h1-2,4-6H. The van der Waals surface area contributed by atoms with Crippen LogP contribution in [0.2, 0.25) is 5.02 Å². The summed E-state index contributed by atoms with van der Waals surface area (Å²) in [5, 5.41) is 4.21. The summed E-state index contributed by atoms with van der Waals surface area (Å²) in [6, 6.07) is 7.14. The van der Waals surface area contributed by atoms with Gasteiger partial charge in [0.25, 0.3) is 0 Å². The van der Waals surface area contributed by atoms with Gasteiger partial charge >= 0.3 is 0 Å². The Kier molecular flexibility index (Phi) is 2.02. The van der Waals surface area contributed by atoms with Gasteiger partial charge in [0.15, 0.2) is 5.82 Å². The van der Waals surface area contributed by atoms with Crippen molar-refractivity contribution in [3.05, 3.63) is 47.5 Å². The smallest absolute Gasteiger partial charge is 0.150 e. The Bertz CT molecular complexity index is 412. The summed E-state index contributed by atoms with van der Waals surface area (Å²) >= 11 is 5.58.